The van der Waals surface area contributed by atoms with E-state index in [1.807, 2.05) is 6.92 Å². The molecule has 110 valence electrons. The van der Waals surface area contributed by atoms with Gasteiger partial charge in [0.05, 0.1) is 18.3 Å². The molecule has 0 spiro atoms. The molecule has 1 unspecified atom stereocenters. The third-order valence-corrected chi connectivity index (χ3v) is 3.77. The first-order valence-electron chi connectivity index (χ1n) is 6.88. The second kappa shape index (κ2) is 5.25. The van der Waals surface area contributed by atoms with Gasteiger partial charge in [-0.15, -0.1) is 0 Å². The van der Waals surface area contributed by atoms with Crippen LogP contribution in [0.2, 0.25) is 0 Å². The van der Waals surface area contributed by atoms with E-state index in [0.717, 1.165) is 5.56 Å². The number of hydrogen-bond acceptors (Lipinski definition) is 5. The molecule has 1 saturated heterocycles. The smallest absolute Gasteiger partial charge is 0.255 e. The van der Waals surface area contributed by atoms with Crippen LogP contribution in [0.3, 0.4) is 0 Å². The lowest BCUT2D eigenvalue weighted by molar-refractivity contribution is -0.0320. The van der Waals surface area contributed by atoms with Gasteiger partial charge in [0, 0.05) is 18.9 Å². The molecule has 3 rings (SSSR count). The number of nitrogens with one attached hydrogen (secondary N) is 1. The summed E-state index contributed by atoms with van der Waals surface area (Å²) in [4.78, 5) is 18.2. The Morgan fingerprint density at radius 3 is 3.00 bits per heavy atom. The number of likely N-dealkylation sites (tertiary alicyclic amines) is 1. The highest BCUT2D eigenvalue weighted by Gasteiger charge is 2.39. The maximum absolute atomic E-state index is 12.5. The van der Waals surface area contributed by atoms with Gasteiger partial charge in [0.2, 0.25) is 0 Å². The molecule has 21 heavy (non-hydrogen) atoms. The SMILES string of the molecule is Cc1cncc(C(=O)N2CCCC(O)(c3cn[nH]n3)C2)c1. The molecule has 2 N–H and O–H groups in total. The number of aliphatic hydroxyl groups is 1. The summed E-state index contributed by atoms with van der Waals surface area (Å²) in [6.07, 6.45) is 6.05. The van der Waals surface area contributed by atoms with E-state index in [-0.39, 0.29) is 12.5 Å². The molecule has 1 aliphatic heterocycles. The zero-order valence-corrected chi connectivity index (χ0v) is 11.8. The Labute approximate surface area is 122 Å². The molecule has 1 amide bonds. The Kier molecular flexibility index (Phi) is 3.42. The number of hydrogen-bond donors (Lipinski definition) is 2. The van der Waals surface area contributed by atoms with Crippen molar-refractivity contribution in [3.8, 4) is 0 Å². The summed E-state index contributed by atoms with van der Waals surface area (Å²) in [5.41, 5.74) is 0.810. The van der Waals surface area contributed by atoms with Crippen molar-refractivity contribution < 1.29 is 9.90 Å². The molecule has 3 heterocycles. The summed E-state index contributed by atoms with van der Waals surface area (Å²) in [6.45, 7) is 2.73. The van der Waals surface area contributed by atoms with Crippen molar-refractivity contribution in [2.24, 2.45) is 0 Å². The number of piperidine rings is 1. The maximum atomic E-state index is 12.5. The van der Waals surface area contributed by atoms with E-state index in [1.165, 1.54) is 6.20 Å². The molecule has 0 aliphatic carbocycles. The van der Waals surface area contributed by atoms with E-state index in [2.05, 4.69) is 20.4 Å². The zero-order chi connectivity index (χ0) is 14.9. The number of pyridine rings is 1. The lowest BCUT2D eigenvalue weighted by Gasteiger charge is -2.37. The number of β-amino-alcohol motifs (C(OH)–C–C–N with tert-alkyl or cyclic N) is 1. The molecular formula is C14H17N5O2. The standard InChI is InChI=1S/C14H17N5O2/c1-10-5-11(7-15-6-10)13(20)19-4-2-3-14(21,9-19)12-8-16-18-17-12/h5-8,21H,2-4,9H2,1H3,(H,16,17,18). The molecule has 1 atom stereocenters. The summed E-state index contributed by atoms with van der Waals surface area (Å²) in [5.74, 6) is -0.118. The number of aromatic amines is 1. The van der Waals surface area contributed by atoms with Crippen LogP contribution in [-0.4, -0.2) is 49.4 Å². The number of amides is 1. The number of H-pyrrole nitrogens is 1. The second-order valence-corrected chi connectivity index (χ2v) is 5.47. The fraction of sp³-hybridized carbons (Fsp3) is 0.429. The van der Waals surface area contributed by atoms with E-state index >= 15 is 0 Å². The Bertz CT molecular complexity index is 643. The number of nitrogens with zero attached hydrogens (tertiary/aromatic N) is 4. The van der Waals surface area contributed by atoms with Gasteiger partial charge in [-0.05, 0) is 31.4 Å². The van der Waals surface area contributed by atoms with Crippen molar-refractivity contribution in [2.45, 2.75) is 25.4 Å². The van der Waals surface area contributed by atoms with Gasteiger partial charge < -0.3 is 10.0 Å². The first-order chi connectivity index (χ1) is 10.1. The summed E-state index contributed by atoms with van der Waals surface area (Å²) in [7, 11) is 0. The van der Waals surface area contributed by atoms with Crippen LogP contribution < -0.4 is 0 Å². The van der Waals surface area contributed by atoms with Crippen molar-refractivity contribution in [1.82, 2.24) is 25.3 Å². The number of rotatable bonds is 2. The van der Waals surface area contributed by atoms with Crippen LogP contribution in [0.15, 0.2) is 24.7 Å². The zero-order valence-electron chi connectivity index (χ0n) is 11.8. The Balaban J connectivity index is 1.82. The number of carbonyl (C=O) groups is 1. The maximum Gasteiger partial charge on any atom is 0.255 e. The van der Waals surface area contributed by atoms with Gasteiger partial charge in [-0.25, -0.2) is 0 Å². The molecule has 2 aromatic heterocycles. The fourth-order valence-corrected chi connectivity index (χ4v) is 2.70. The van der Waals surface area contributed by atoms with E-state index < -0.39 is 5.60 Å². The monoisotopic (exact) mass is 287 g/mol. The molecule has 0 saturated carbocycles. The molecule has 7 heteroatoms. The van der Waals surface area contributed by atoms with Crippen LogP contribution in [0.1, 0.15) is 34.5 Å². The predicted molar refractivity (Wildman–Crippen MR) is 74.4 cm³/mol. The Hall–Kier alpha value is -2.28. The van der Waals surface area contributed by atoms with Crippen molar-refractivity contribution in [3.63, 3.8) is 0 Å². The molecule has 7 nitrogen and oxygen atoms in total. The summed E-state index contributed by atoms with van der Waals surface area (Å²) < 4.78 is 0. The number of carbonyl (C=O) groups excluding carboxylic acids is 1. The minimum absolute atomic E-state index is 0.118. The van der Waals surface area contributed by atoms with E-state index in [4.69, 9.17) is 0 Å². The van der Waals surface area contributed by atoms with Crippen molar-refractivity contribution in [3.05, 3.63) is 41.5 Å². The van der Waals surface area contributed by atoms with Gasteiger partial charge in [-0.1, -0.05) is 0 Å². The topological polar surface area (TPSA) is 95.0 Å². The van der Waals surface area contributed by atoms with Gasteiger partial charge in [-0.3, -0.25) is 9.78 Å². The minimum atomic E-state index is -1.14. The van der Waals surface area contributed by atoms with Crippen molar-refractivity contribution >= 4 is 5.91 Å². The molecular weight excluding hydrogens is 270 g/mol. The highest BCUT2D eigenvalue weighted by Crippen LogP contribution is 2.30. The summed E-state index contributed by atoms with van der Waals surface area (Å²) >= 11 is 0. The van der Waals surface area contributed by atoms with Crippen LogP contribution in [-0.2, 0) is 5.60 Å². The predicted octanol–water partition coefficient (Wildman–Crippen LogP) is 0.632. The average molecular weight is 287 g/mol. The molecule has 0 radical (unpaired) electrons. The summed E-state index contributed by atoms with van der Waals surface area (Å²) in [5, 5.41) is 20.9. The molecule has 0 aromatic carbocycles. The van der Waals surface area contributed by atoms with Gasteiger partial charge >= 0.3 is 0 Å². The second-order valence-electron chi connectivity index (χ2n) is 5.47. The molecule has 2 aromatic rings. The molecule has 1 fully saturated rings. The van der Waals surface area contributed by atoms with Crippen molar-refractivity contribution in [1.29, 1.82) is 0 Å². The molecule has 1 aliphatic rings. The van der Waals surface area contributed by atoms with Crippen LogP contribution in [0.4, 0.5) is 0 Å². The third kappa shape index (κ3) is 2.64. The van der Waals surface area contributed by atoms with Crippen molar-refractivity contribution in [2.75, 3.05) is 13.1 Å². The molecule has 0 bridgehead atoms. The van der Waals surface area contributed by atoms with E-state index in [0.29, 0.717) is 30.6 Å². The van der Waals surface area contributed by atoms with Crippen LogP contribution >= 0.6 is 0 Å². The minimum Gasteiger partial charge on any atom is -0.382 e. The van der Waals surface area contributed by atoms with Gasteiger partial charge in [0.25, 0.3) is 5.91 Å². The highest BCUT2D eigenvalue weighted by atomic mass is 16.3. The largest absolute Gasteiger partial charge is 0.382 e. The van der Waals surface area contributed by atoms with E-state index in [9.17, 15) is 9.90 Å². The lowest BCUT2D eigenvalue weighted by Crippen LogP contribution is -2.48. The Morgan fingerprint density at radius 1 is 1.43 bits per heavy atom. The van der Waals surface area contributed by atoms with E-state index in [1.54, 1.807) is 23.4 Å². The third-order valence-electron chi connectivity index (χ3n) is 3.77. The highest BCUT2D eigenvalue weighted by molar-refractivity contribution is 5.94. The fourth-order valence-electron chi connectivity index (χ4n) is 2.70. The van der Waals surface area contributed by atoms with Crippen LogP contribution in [0.25, 0.3) is 0 Å². The normalized spacial score (nSPS) is 22.3. The first kappa shape index (κ1) is 13.7. The quantitative estimate of drug-likeness (QED) is 0.845. The average Bonchev–Trinajstić information content (AvgIpc) is 3.01. The van der Waals surface area contributed by atoms with Crippen LogP contribution in [0, 0.1) is 6.92 Å². The number of aryl methyl sites for hydroxylation is 1. The van der Waals surface area contributed by atoms with Gasteiger partial charge in [-0.2, -0.15) is 15.4 Å². The van der Waals surface area contributed by atoms with Gasteiger partial charge in [0.1, 0.15) is 11.3 Å². The van der Waals surface area contributed by atoms with Crippen LogP contribution in [0.5, 0.6) is 0 Å². The first-order valence-corrected chi connectivity index (χ1v) is 6.88. The van der Waals surface area contributed by atoms with Gasteiger partial charge in [0.15, 0.2) is 0 Å². The summed E-state index contributed by atoms with van der Waals surface area (Å²) in [6, 6.07) is 1.80. The number of aromatic nitrogens is 4. The Morgan fingerprint density at radius 2 is 2.29 bits per heavy atom. The lowest BCUT2D eigenvalue weighted by atomic mass is 9.89.